The van der Waals surface area contributed by atoms with Crippen LogP contribution in [0, 0.1) is 11.8 Å². The lowest BCUT2D eigenvalue weighted by Gasteiger charge is -2.45. The summed E-state index contributed by atoms with van der Waals surface area (Å²) >= 11 is 4.47. The summed E-state index contributed by atoms with van der Waals surface area (Å²) in [6.45, 7) is 2.04. The maximum atomic E-state index is 5.39. The minimum atomic E-state index is 0.598. The fourth-order valence-corrected chi connectivity index (χ4v) is 7.16. The van der Waals surface area contributed by atoms with Crippen LogP contribution in [0.1, 0.15) is 38.5 Å². The van der Waals surface area contributed by atoms with E-state index in [1.165, 1.54) is 50.0 Å². The van der Waals surface area contributed by atoms with Crippen LogP contribution >= 0.6 is 23.5 Å². The van der Waals surface area contributed by atoms with E-state index in [2.05, 4.69) is 23.5 Å². The second-order valence-electron chi connectivity index (χ2n) is 6.84. The molecule has 0 radical (unpaired) electrons. The van der Waals surface area contributed by atoms with Crippen molar-refractivity contribution >= 4 is 23.5 Å². The summed E-state index contributed by atoms with van der Waals surface area (Å²) in [6.07, 6.45) is 10.0. The molecule has 6 atom stereocenters. The molecule has 4 heteroatoms. The number of thioether (sulfide) groups is 2. The molecular weight excluding hydrogens is 288 g/mol. The molecule has 0 aromatic rings. The monoisotopic (exact) mass is 314 g/mol. The topological polar surface area (TPSA) is 25.1 Å². The van der Waals surface area contributed by atoms with Crippen molar-refractivity contribution in [1.82, 2.24) is 0 Å². The first kappa shape index (κ1) is 14.2. The number of hydrogen-bond acceptors (Lipinski definition) is 4. The zero-order valence-corrected chi connectivity index (χ0v) is 13.8. The molecule has 2 aliphatic carbocycles. The highest BCUT2D eigenvalue weighted by Crippen LogP contribution is 2.49. The third-order valence-electron chi connectivity index (χ3n) is 5.36. The van der Waals surface area contributed by atoms with Gasteiger partial charge in [0.15, 0.2) is 0 Å². The Hall–Kier alpha value is 0.620. The van der Waals surface area contributed by atoms with E-state index in [1.54, 1.807) is 0 Å². The van der Waals surface area contributed by atoms with Crippen molar-refractivity contribution in [2.45, 2.75) is 61.2 Å². The van der Waals surface area contributed by atoms with E-state index >= 15 is 0 Å². The molecule has 2 aliphatic heterocycles. The largest absolute Gasteiger partial charge is 0.372 e. The average Bonchev–Trinajstić information content (AvgIpc) is 3.38. The Balaban J connectivity index is 1.33. The van der Waals surface area contributed by atoms with E-state index < -0.39 is 0 Å². The Morgan fingerprint density at radius 3 is 1.55 bits per heavy atom. The molecule has 20 heavy (non-hydrogen) atoms. The van der Waals surface area contributed by atoms with Crippen molar-refractivity contribution in [2.75, 3.05) is 24.7 Å². The molecule has 0 spiro atoms. The van der Waals surface area contributed by atoms with Crippen LogP contribution < -0.4 is 0 Å². The second kappa shape index (κ2) is 6.39. The summed E-state index contributed by atoms with van der Waals surface area (Å²) in [5, 5.41) is 1.86. The smallest absolute Gasteiger partial charge is 0.0900 e. The highest BCUT2D eigenvalue weighted by Gasteiger charge is 2.42. The molecular formula is C16H26O2S2. The van der Waals surface area contributed by atoms with Gasteiger partial charge in [0.05, 0.1) is 25.4 Å². The normalized spacial score (nSPS) is 46.8. The maximum Gasteiger partial charge on any atom is 0.0900 e. The van der Waals surface area contributed by atoms with Gasteiger partial charge in [-0.1, -0.05) is 12.8 Å². The Morgan fingerprint density at radius 2 is 1.15 bits per heavy atom. The minimum absolute atomic E-state index is 0.598. The second-order valence-corrected chi connectivity index (χ2v) is 9.39. The van der Waals surface area contributed by atoms with E-state index in [1.807, 2.05) is 0 Å². The van der Waals surface area contributed by atoms with Crippen LogP contribution in [0.2, 0.25) is 0 Å². The van der Waals surface area contributed by atoms with Gasteiger partial charge < -0.3 is 9.47 Å². The number of fused-ring (bicyclic) bond motifs is 1. The van der Waals surface area contributed by atoms with Crippen molar-refractivity contribution in [3.05, 3.63) is 0 Å². The van der Waals surface area contributed by atoms with Crippen LogP contribution in [-0.4, -0.2) is 47.4 Å². The van der Waals surface area contributed by atoms with Gasteiger partial charge in [0.1, 0.15) is 0 Å². The number of rotatable bonds is 6. The van der Waals surface area contributed by atoms with Gasteiger partial charge in [0.2, 0.25) is 0 Å². The van der Waals surface area contributed by atoms with E-state index in [-0.39, 0.29) is 0 Å². The maximum absolute atomic E-state index is 5.39. The van der Waals surface area contributed by atoms with Crippen molar-refractivity contribution in [3.63, 3.8) is 0 Å². The molecule has 6 unspecified atom stereocenters. The number of epoxide rings is 2. The van der Waals surface area contributed by atoms with Crippen LogP contribution in [-0.2, 0) is 9.47 Å². The number of ether oxygens (including phenoxy) is 2. The highest BCUT2D eigenvalue weighted by molar-refractivity contribution is 8.00. The van der Waals surface area contributed by atoms with Gasteiger partial charge in [-0.3, -0.25) is 0 Å². The summed E-state index contributed by atoms with van der Waals surface area (Å²) in [7, 11) is 0. The molecule has 0 bridgehead atoms. The fourth-order valence-electron chi connectivity index (χ4n) is 4.07. The lowest BCUT2D eigenvalue weighted by Crippen LogP contribution is -2.40. The molecule has 0 aromatic heterocycles. The van der Waals surface area contributed by atoms with Crippen LogP contribution in [0.3, 0.4) is 0 Å². The first-order chi connectivity index (χ1) is 9.90. The molecule has 0 aromatic carbocycles. The summed E-state index contributed by atoms with van der Waals surface area (Å²) in [5.74, 6) is 4.50. The van der Waals surface area contributed by atoms with Crippen LogP contribution in [0.25, 0.3) is 0 Å². The van der Waals surface area contributed by atoms with Gasteiger partial charge in [-0.15, -0.1) is 0 Å². The zero-order valence-electron chi connectivity index (χ0n) is 12.2. The zero-order chi connectivity index (χ0) is 13.4. The third-order valence-corrected chi connectivity index (χ3v) is 8.52. The van der Waals surface area contributed by atoms with Crippen LogP contribution in [0.5, 0.6) is 0 Å². The molecule has 0 amide bonds. The Morgan fingerprint density at radius 1 is 0.700 bits per heavy atom. The van der Waals surface area contributed by atoms with E-state index in [9.17, 15) is 0 Å². The highest BCUT2D eigenvalue weighted by atomic mass is 32.2. The molecule has 2 saturated carbocycles. The Labute approximate surface area is 131 Å². The quantitative estimate of drug-likeness (QED) is 0.700. The Bertz CT molecular complexity index is 298. The standard InChI is InChI=1S/C16H26O2S2/c1-2-4-14-13(3-1)15(19-9-11-7-17-11)5-6-16(14)20-10-12-8-18-12/h11-16H,1-10H2. The molecule has 2 nitrogen and oxygen atoms in total. The van der Waals surface area contributed by atoms with Crippen LogP contribution in [0.15, 0.2) is 0 Å². The van der Waals surface area contributed by atoms with Gasteiger partial charge >= 0.3 is 0 Å². The van der Waals surface area contributed by atoms with Crippen molar-refractivity contribution in [2.24, 2.45) is 11.8 Å². The molecule has 2 heterocycles. The molecule has 0 N–H and O–H groups in total. The van der Waals surface area contributed by atoms with Gasteiger partial charge in [0, 0.05) is 22.0 Å². The summed E-state index contributed by atoms with van der Waals surface area (Å²) in [5.41, 5.74) is 0. The summed E-state index contributed by atoms with van der Waals surface area (Å²) in [6, 6.07) is 0. The average molecular weight is 315 g/mol. The molecule has 4 fully saturated rings. The predicted octanol–water partition coefficient (Wildman–Crippen LogP) is 3.59. The molecule has 4 aliphatic rings. The van der Waals surface area contributed by atoms with Gasteiger partial charge in [-0.25, -0.2) is 0 Å². The first-order valence-corrected chi connectivity index (χ1v) is 10.5. The van der Waals surface area contributed by atoms with Gasteiger partial charge in [-0.05, 0) is 37.5 Å². The molecule has 4 rings (SSSR count). The van der Waals surface area contributed by atoms with Gasteiger partial charge in [0.25, 0.3) is 0 Å². The van der Waals surface area contributed by atoms with Crippen molar-refractivity contribution in [1.29, 1.82) is 0 Å². The third kappa shape index (κ3) is 3.50. The lowest BCUT2D eigenvalue weighted by molar-refractivity contribution is 0.185. The minimum Gasteiger partial charge on any atom is -0.372 e. The van der Waals surface area contributed by atoms with Crippen LogP contribution in [0.4, 0.5) is 0 Å². The fraction of sp³-hybridized carbons (Fsp3) is 1.00. The number of hydrogen-bond donors (Lipinski definition) is 0. The molecule has 114 valence electrons. The van der Waals surface area contributed by atoms with E-state index in [0.29, 0.717) is 12.2 Å². The summed E-state index contributed by atoms with van der Waals surface area (Å²) in [4.78, 5) is 0. The predicted molar refractivity (Wildman–Crippen MR) is 86.7 cm³/mol. The summed E-state index contributed by atoms with van der Waals surface area (Å²) < 4.78 is 10.8. The molecule has 2 saturated heterocycles. The lowest BCUT2D eigenvalue weighted by atomic mass is 9.70. The van der Waals surface area contributed by atoms with Gasteiger partial charge in [-0.2, -0.15) is 23.5 Å². The SMILES string of the molecule is C1CCC2C(SCC3CO3)CCC(SCC3CO3)C2C1. The van der Waals surface area contributed by atoms with Crippen molar-refractivity contribution in [3.8, 4) is 0 Å². The Kier molecular flexibility index (Phi) is 4.55. The van der Waals surface area contributed by atoms with E-state index in [0.717, 1.165) is 35.5 Å². The van der Waals surface area contributed by atoms with E-state index in [4.69, 9.17) is 9.47 Å². The van der Waals surface area contributed by atoms with Crippen molar-refractivity contribution < 1.29 is 9.47 Å². The first-order valence-electron chi connectivity index (χ1n) is 8.36.